The number of ether oxygens (including phenoxy) is 3. The predicted molar refractivity (Wildman–Crippen MR) is 92.7 cm³/mol. The molecule has 0 aliphatic carbocycles. The number of amides is 1. The molecule has 7 heteroatoms. The van der Waals surface area contributed by atoms with Crippen molar-refractivity contribution in [2.75, 3.05) is 14.2 Å². The third kappa shape index (κ3) is 4.72. The van der Waals surface area contributed by atoms with Crippen LogP contribution in [0.4, 0.5) is 4.39 Å². The van der Waals surface area contributed by atoms with Crippen LogP contribution in [0.25, 0.3) is 0 Å². The van der Waals surface area contributed by atoms with E-state index < -0.39 is 23.8 Å². The lowest BCUT2D eigenvalue weighted by molar-refractivity contribution is -0.129. The normalized spacial score (nSPS) is 11.4. The number of para-hydroxylation sites is 1. The van der Waals surface area contributed by atoms with Crippen LogP contribution in [-0.4, -0.2) is 32.2 Å². The maximum absolute atomic E-state index is 13.9. The van der Waals surface area contributed by atoms with Gasteiger partial charge in [-0.3, -0.25) is 4.79 Å². The van der Waals surface area contributed by atoms with E-state index in [1.807, 2.05) is 18.2 Å². The smallest absolute Gasteiger partial charge is 0.341 e. The minimum absolute atomic E-state index is 0.210. The Kier molecular flexibility index (Phi) is 6.54. The molecule has 0 heterocycles. The summed E-state index contributed by atoms with van der Waals surface area (Å²) in [7, 11) is 2.93. The Labute approximate surface area is 150 Å². The highest BCUT2D eigenvalue weighted by Crippen LogP contribution is 2.18. The Hall–Kier alpha value is -3.09. The summed E-state index contributed by atoms with van der Waals surface area (Å²) in [4.78, 5) is 24.2. The first-order chi connectivity index (χ1) is 12.5. The van der Waals surface area contributed by atoms with Gasteiger partial charge in [0, 0.05) is 18.2 Å². The molecule has 1 amide bonds. The molecule has 0 saturated heterocycles. The first-order valence-electron chi connectivity index (χ1n) is 7.90. The van der Waals surface area contributed by atoms with Gasteiger partial charge in [-0.05, 0) is 25.1 Å². The number of rotatable bonds is 7. The van der Waals surface area contributed by atoms with Crippen LogP contribution in [0, 0.1) is 5.82 Å². The van der Waals surface area contributed by atoms with E-state index in [0.717, 1.165) is 11.6 Å². The summed E-state index contributed by atoms with van der Waals surface area (Å²) in [6.07, 6.45) is -1.08. The molecule has 1 N–H and O–H groups in total. The molecular weight excluding hydrogens is 341 g/mol. The zero-order valence-corrected chi connectivity index (χ0v) is 14.7. The molecule has 138 valence electrons. The first kappa shape index (κ1) is 19.2. The number of benzene rings is 2. The Bertz CT molecular complexity index is 793. The lowest BCUT2D eigenvalue weighted by Crippen LogP contribution is -2.35. The average molecular weight is 361 g/mol. The lowest BCUT2D eigenvalue weighted by Gasteiger charge is -2.15. The fourth-order valence-corrected chi connectivity index (χ4v) is 2.24. The number of carbonyl (C=O) groups excluding carboxylic acids is 2. The minimum Gasteiger partial charge on any atom is -0.497 e. The van der Waals surface area contributed by atoms with Crippen molar-refractivity contribution in [3.8, 4) is 11.5 Å². The number of esters is 1. The maximum Gasteiger partial charge on any atom is 0.341 e. The SMILES string of the molecule is COc1ccc(C(=O)O[C@H](C)C(=O)NCc2ccccc2OC)c(F)c1. The van der Waals surface area contributed by atoms with Crippen molar-refractivity contribution < 1.29 is 28.2 Å². The molecule has 0 unspecified atom stereocenters. The molecule has 0 aromatic heterocycles. The molecule has 2 aromatic carbocycles. The Morgan fingerprint density at radius 1 is 1.12 bits per heavy atom. The number of hydrogen-bond donors (Lipinski definition) is 1. The van der Waals surface area contributed by atoms with E-state index in [-0.39, 0.29) is 17.9 Å². The summed E-state index contributed by atoms with van der Waals surface area (Å²) >= 11 is 0. The van der Waals surface area contributed by atoms with E-state index in [2.05, 4.69) is 5.32 Å². The molecule has 0 radical (unpaired) electrons. The van der Waals surface area contributed by atoms with Crippen LogP contribution in [-0.2, 0) is 16.1 Å². The quantitative estimate of drug-likeness (QED) is 0.768. The third-order valence-corrected chi connectivity index (χ3v) is 3.69. The summed E-state index contributed by atoms with van der Waals surface area (Å²) in [5.41, 5.74) is 0.512. The summed E-state index contributed by atoms with van der Waals surface area (Å²) in [5, 5.41) is 2.65. The van der Waals surface area contributed by atoms with Gasteiger partial charge in [-0.2, -0.15) is 0 Å². The molecule has 6 nitrogen and oxygen atoms in total. The van der Waals surface area contributed by atoms with Crippen molar-refractivity contribution in [3.63, 3.8) is 0 Å². The minimum atomic E-state index is -1.08. The standard InChI is InChI=1S/C19H20FNO5/c1-12(18(22)21-11-13-6-4-5-7-17(13)25-3)26-19(23)15-9-8-14(24-2)10-16(15)20/h4-10,12H,11H2,1-3H3,(H,21,22)/t12-/m1/s1. The average Bonchev–Trinajstić information content (AvgIpc) is 2.65. The van der Waals surface area contributed by atoms with Crippen LogP contribution in [0.15, 0.2) is 42.5 Å². The highest BCUT2D eigenvalue weighted by molar-refractivity contribution is 5.92. The van der Waals surface area contributed by atoms with Crippen LogP contribution in [0.3, 0.4) is 0 Å². The van der Waals surface area contributed by atoms with Crippen molar-refractivity contribution in [3.05, 3.63) is 59.4 Å². The molecule has 0 fully saturated rings. The van der Waals surface area contributed by atoms with Crippen LogP contribution in [0.2, 0.25) is 0 Å². The molecule has 2 rings (SSSR count). The molecular formula is C19H20FNO5. The van der Waals surface area contributed by atoms with Crippen molar-refractivity contribution in [1.29, 1.82) is 0 Å². The van der Waals surface area contributed by atoms with E-state index in [0.29, 0.717) is 5.75 Å². The topological polar surface area (TPSA) is 73.9 Å². The molecule has 0 aliphatic heterocycles. The third-order valence-electron chi connectivity index (χ3n) is 3.69. The zero-order chi connectivity index (χ0) is 19.1. The summed E-state index contributed by atoms with van der Waals surface area (Å²) in [6, 6.07) is 11.0. The lowest BCUT2D eigenvalue weighted by atomic mass is 10.2. The van der Waals surface area contributed by atoms with E-state index in [9.17, 15) is 14.0 Å². The number of carbonyl (C=O) groups is 2. The Morgan fingerprint density at radius 3 is 2.50 bits per heavy atom. The van der Waals surface area contributed by atoms with Gasteiger partial charge in [0.05, 0.1) is 19.8 Å². The van der Waals surface area contributed by atoms with Gasteiger partial charge in [0.25, 0.3) is 5.91 Å². The largest absolute Gasteiger partial charge is 0.497 e. The van der Waals surface area contributed by atoms with Crippen LogP contribution in [0.1, 0.15) is 22.8 Å². The maximum atomic E-state index is 13.9. The van der Waals surface area contributed by atoms with Crippen molar-refractivity contribution >= 4 is 11.9 Å². The van der Waals surface area contributed by atoms with Crippen molar-refractivity contribution in [1.82, 2.24) is 5.32 Å². The fraction of sp³-hybridized carbons (Fsp3) is 0.263. The molecule has 2 aromatic rings. The summed E-state index contributed by atoms with van der Waals surface area (Å²) < 4.78 is 29.0. The second-order valence-electron chi connectivity index (χ2n) is 5.42. The van der Waals surface area contributed by atoms with Gasteiger partial charge in [-0.1, -0.05) is 18.2 Å². The molecule has 1 atom stereocenters. The second kappa shape index (κ2) is 8.84. The molecule has 0 spiro atoms. The second-order valence-corrected chi connectivity index (χ2v) is 5.42. The number of hydrogen-bond acceptors (Lipinski definition) is 5. The van der Waals surface area contributed by atoms with Gasteiger partial charge in [-0.25, -0.2) is 9.18 Å². The van der Waals surface area contributed by atoms with Gasteiger partial charge in [0.1, 0.15) is 17.3 Å². The highest BCUT2D eigenvalue weighted by Gasteiger charge is 2.21. The Morgan fingerprint density at radius 2 is 1.85 bits per heavy atom. The van der Waals surface area contributed by atoms with Crippen LogP contribution >= 0.6 is 0 Å². The fourth-order valence-electron chi connectivity index (χ4n) is 2.24. The number of nitrogens with one attached hydrogen (secondary N) is 1. The van der Waals surface area contributed by atoms with E-state index >= 15 is 0 Å². The van der Waals surface area contributed by atoms with Crippen molar-refractivity contribution in [2.24, 2.45) is 0 Å². The van der Waals surface area contributed by atoms with Gasteiger partial charge in [-0.15, -0.1) is 0 Å². The van der Waals surface area contributed by atoms with Crippen LogP contribution in [0.5, 0.6) is 11.5 Å². The van der Waals surface area contributed by atoms with Crippen LogP contribution < -0.4 is 14.8 Å². The number of methoxy groups -OCH3 is 2. The van der Waals surface area contributed by atoms with Crippen molar-refractivity contribution in [2.45, 2.75) is 19.6 Å². The Balaban J connectivity index is 1.95. The monoisotopic (exact) mass is 361 g/mol. The number of halogens is 1. The van der Waals surface area contributed by atoms with Gasteiger partial charge in [0.2, 0.25) is 0 Å². The zero-order valence-electron chi connectivity index (χ0n) is 14.7. The predicted octanol–water partition coefficient (Wildman–Crippen LogP) is 2.70. The van der Waals surface area contributed by atoms with Gasteiger partial charge < -0.3 is 19.5 Å². The molecule has 0 aliphatic rings. The molecule has 0 saturated carbocycles. The highest BCUT2D eigenvalue weighted by atomic mass is 19.1. The summed E-state index contributed by atoms with van der Waals surface area (Å²) in [6.45, 7) is 1.62. The first-order valence-corrected chi connectivity index (χ1v) is 7.90. The van der Waals surface area contributed by atoms with Gasteiger partial charge in [0.15, 0.2) is 6.10 Å². The van der Waals surface area contributed by atoms with E-state index in [1.165, 1.54) is 33.3 Å². The van der Waals surface area contributed by atoms with Gasteiger partial charge >= 0.3 is 5.97 Å². The van der Waals surface area contributed by atoms with E-state index in [1.54, 1.807) is 6.07 Å². The molecule has 0 bridgehead atoms. The van der Waals surface area contributed by atoms with E-state index in [4.69, 9.17) is 14.2 Å². The molecule has 26 heavy (non-hydrogen) atoms. The summed E-state index contributed by atoms with van der Waals surface area (Å²) in [5.74, 6) is -1.29.